The lowest BCUT2D eigenvalue weighted by atomic mass is 9.99. The Morgan fingerprint density at radius 1 is 1.39 bits per heavy atom. The number of benzene rings is 1. The van der Waals surface area contributed by atoms with Crippen LogP contribution in [0.4, 0.5) is 5.69 Å². The van der Waals surface area contributed by atoms with Gasteiger partial charge in [-0.3, -0.25) is 0 Å². The molecule has 0 fully saturated rings. The second-order valence-electron chi connectivity index (χ2n) is 5.90. The molecule has 1 aromatic carbocycles. The van der Waals surface area contributed by atoms with Gasteiger partial charge in [0.1, 0.15) is 0 Å². The highest BCUT2D eigenvalue weighted by Gasteiger charge is 2.14. The van der Waals surface area contributed by atoms with Crippen molar-refractivity contribution in [3.63, 3.8) is 0 Å². The molecule has 2 N–H and O–H groups in total. The molecule has 0 radical (unpaired) electrons. The molecular formula is C15H24N2O. The van der Waals surface area contributed by atoms with Gasteiger partial charge in [-0.1, -0.05) is 12.1 Å². The SMILES string of the molecule is CN1CCCc2cc(CNCC(C)(C)O)ccc21. The lowest BCUT2D eigenvalue weighted by Crippen LogP contribution is -2.34. The Balaban J connectivity index is 1.99. The van der Waals surface area contributed by atoms with Gasteiger partial charge in [0.15, 0.2) is 0 Å². The predicted octanol–water partition coefficient (Wildman–Crippen LogP) is 1.93. The maximum absolute atomic E-state index is 9.65. The van der Waals surface area contributed by atoms with Crippen molar-refractivity contribution in [2.45, 2.75) is 38.8 Å². The van der Waals surface area contributed by atoms with Gasteiger partial charge in [-0.15, -0.1) is 0 Å². The highest BCUT2D eigenvalue weighted by Crippen LogP contribution is 2.26. The molecule has 0 spiro atoms. The van der Waals surface area contributed by atoms with Crippen molar-refractivity contribution in [3.8, 4) is 0 Å². The summed E-state index contributed by atoms with van der Waals surface area (Å²) < 4.78 is 0. The first-order chi connectivity index (χ1) is 8.46. The van der Waals surface area contributed by atoms with Crippen LogP contribution in [0.5, 0.6) is 0 Å². The fourth-order valence-electron chi connectivity index (χ4n) is 2.46. The van der Waals surface area contributed by atoms with Gasteiger partial charge in [0, 0.05) is 32.4 Å². The normalized spacial score (nSPS) is 15.7. The molecule has 3 heteroatoms. The molecule has 0 bridgehead atoms. The topological polar surface area (TPSA) is 35.5 Å². The minimum Gasteiger partial charge on any atom is -0.389 e. The molecule has 0 amide bonds. The fraction of sp³-hybridized carbons (Fsp3) is 0.600. The van der Waals surface area contributed by atoms with Gasteiger partial charge < -0.3 is 15.3 Å². The third-order valence-corrected chi connectivity index (χ3v) is 3.38. The summed E-state index contributed by atoms with van der Waals surface area (Å²) in [5.41, 5.74) is 3.47. The molecule has 1 aromatic rings. The van der Waals surface area contributed by atoms with Crippen molar-refractivity contribution in [3.05, 3.63) is 29.3 Å². The minimum absolute atomic E-state index is 0.615. The van der Waals surface area contributed by atoms with Crippen LogP contribution in [-0.2, 0) is 13.0 Å². The maximum atomic E-state index is 9.65. The van der Waals surface area contributed by atoms with E-state index in [-0.39, 0.29) is 0 Å². The van der Waals surface area contributed by atoms with Crippen molar-refractivity contribution < 1.29 is 5.11 Å². The highest BCUT2D eigenvalue weighted by molar-refractivity contribution is 5.56. The van der Waals surface area contributed by atoms with Crippen LogP contribution < -0.4 is 10.2 Å². The number of aliphatic hydroxyl groups is 1. The molecule has 1 aliphatic heterocycles. The van der Waals surface area contributed by atoms with Crippen LogP contribution in [0.15, 0.2) is 18.2 Å². The first-order valence-electron chi connectivity index (χ1n) is 6.72. The summed E-state index contributed by atoms with van der Waals surface area (Å²) in [5.74, 6) is 0. The molecule has 0 atom stereocenters. The molecule has 0 unspecified atom stereocenters. The van der Waals surface area contributed by atoms with Gasteiger partial charge in [-0.25, -0.2) is 0 Å². The number of hydrogen-bond acceptors (Lipinski definition) is 3. The molecule has 1 heterocycles. The minimum atomic E-state index is -0.644. The lowest BCUT2D eigenvalue weighted by molar-refractivity contribution is 0.0795. The molecule has 0 aromatic heterocycles. The summed E-state index contributed by atoms with van der Waals surface area (Å²) in [4.78, 5) is 2.33. The largest absolute Gasteiger partial charge is 0.389 e. The third kappa shape index (κ3) is 3.47. The van der Waals surface area contributed by atoms with E-state index in [0.29, 0.717) is 6.54 Å². The first-order valence-corrected chi connectivity index (χ1v) is 6.72. The van der Waals surface area contributed by atoms with Gasteiger partial charge in [0.05, 0.1) is 5.60 Å². The standard InChI is InChI=1S/C15H24N2O/c1-15(2,18)11-16-10-12-6-7-14-13(9-12)5-4-8-17(14)3/h6-7,9,16,18H,4-5,8,10-11H2,1-3H3. The molecule has 1 aliphatic rings. The quantitative estimate of drug-likeness (QED) is 0.854. The van der Waals surface area contributed by atoms with E-state index in [1.54, 1.807) is 0 Å². The van der Waals surface area contributed by atoms with E-state index < -0.39 is 5.60 Å². The van der Waals surface area contributed by atoms with Crippen molar-refractivity contribution in [1.82, 2.24) is 5.32 Å². The van der Waals surface area contributed by atoms with E-state index in [1.807, 2.05) is 13.8 Å². The van der Waals surface area contributed by atoms with Gasteiger partial charge in [-0.2, -0.15) is 0 Å². The average Bonchev–Trinajstić information content (AvgIpc) is 2.27. The van der Waals surface area contributed by atoms with Gasteiger partial charge >= 0.3 is 0 Å². The summed E-state index contributed by atoms with van der Waals surface area (Å²) >= 11 is 0. The van der Waals surface area contributed by atoms with Crippen LogP contribution in [0.25, 0.3) is 0 Å². The van der Waals surface area contributed by atoms with Crippen LogP contribution >= 0.6 is 0 Å². The fourth-order valence-corrected chi connectivity index (χ4v) is 2.46. The summed E-state index contributed by atoms with van der Waals surface area (Å²) in [6.07, 6.45) is 2.42. The number of hydrogen-bond donors (Lipinski definition) is 2. The highest BCUT2D eigenvalue weighted by atomic mass is 16.3. The van der Waals surface area contributed by atoms with Crippen LogP contribution in [0.1, 0.15) is 31.4 Å². The number of nitrogens with one attached hydrogen (secondary N) is 1. The summed E-state index contributed by atoms with van der Waals surface area (Å²) in [5, 5.41) is 12.9. The van der Waals surface area contributed by atoms with Crippen LogP contribution in [0.2, 0.25) is 0 Å². The summed E-state index contributed by atoms with van der Waals surface area (Å²) in [6, 6.07) is 6.69. The zero-order valence-corrected chi connectivity index (χ0v) is 11.7. The average molecular weight is 248 g/mol. The number of nitrogens with zero attached hydrogens (tertiary/aromatic N) is 1. The van der Waals surface area contributed by atoms with E-state index in [4.69, 9.17) is 0 Å². The Morgan fingerprint density at radius 2 is 2.17 bits per heavy atom. The molecule has 18 heavy (non-hydrogen) atoms. The van der Waals surface area contributed by atoms with E-state index >= 15 is 0 Å². The van der Waals surface area contributed by atoms with Crippen molar-refractivity contribution in [2.24, 2.45) is 0 Å². The Hall–Kier alpha value is -1.06. The second kappa shape index (κ2) is 5.29. The molecule has 0 saturated heterocycles. The van der Waals surface area contributed by atoms with Gasteiger partial charge in [0.25, 0.3) is 0 Å². The lowest BCUT2D eigenvalue weighted by Gasteiger charge is -2.28. The van der Waals surface area contributed by atoms with Crippen LogP contribution in [-0.4, -0.2) is 30.8 Å². The van der Waals surface area contributed by atoms with Gasteiger partial charge in [-0.05, 0) is 43.9 Å². The molecule has 100 valence electrons. The maximum Gasteiger partial charge on any atom is 0.0715 e. The molecule has 0 aliphatic carbocycles. The third-order valence-electron chi connectivity index (χ3n) is 3.38. The van der Waals surface area contributed by atoms with Crippen molar-refractivity contribution in [1.29, 1.82) is 0 Å². The zero-order valence-electron chi connectivity index (χ0n) is 11.7. The van der Waals surface area contributed by atoms with E-state index in [2.05, 4.69) is 35.5 Å². The van der Waals surface area contributed by atoms with Crippen molar-refractivity contribution in [2.75, 3.05) is 25.0 Å². The Kier molecular flexibility index (Phi) is 3.93. The number of fused-ring (bicyclic) bond motifs is 1. The summed E-state index contributed by atoms with van der Waals surface area (Å²) in [7, 11) is 2.16. The second-order valence-corrected chi connectivity index (χ2v) is 5.90. The monoisotopic (exact) mass is 248 g/mol. The van der Waals surface area contributed by atoms with Crippen molar-refractivity contribution >= 4 is 5.69 Å². The number of anilines is 1. The Morgan fingerprint density at radius 3 is 2.89 bits per heavy atom. The zero-order chi connectivity index (χ0) is 13.2. The first kappa shape index (κ1) is 13.4. The number of rotatable bonds is 4. The Bertz CT molecular complexity index is 409. The molecular weight excluding hydrogens is 224 g/mol. The van der Waals surface area contributed by atoms with E-state index in [0.717, 1.165) is 13.1 Å². The van der Waals surface area contributed by atoms with Crippen LogP contribution in [0, 0.1) is 0 Å². The van der Waals surface area contributed by atoms with E-state index in [9.17, 15) is 5.11 Å². The predicted molar refractivity (Wildman–Crippen MR) is 76.0 cm³/mol. The Labute approximate surface area is 110 Å². The van der Waals surface area contributed by atoms with E-state index in [1.165, 1.54) is 29.7 Å². The molecule has 0 saturated carbocycles. The smallest absolute Gasteiger partial charge is 0.0715 e. The van der Waals surface area contributed by atoms with Gasteiger partial charge in [0.2, 0.25) is 0 Å². The number of aryl methyl sites for hydroxylation is 1. The van der Waals surface area contributed by atoms with Crippen LogP contribution in [0.3, 0.4) is 0 Å². The summed E-state index contributed by atoms with van der Waals surface area (Å²) in [6.45, 7) is 6.23. The molecule has 3 nitrogen and oxygen atoms in total. The molecule has 2 rings (SSSR count).